The first-order chi connectivity index (χ1) is 11.1. The topological polar surface area (TPSA) is 91.9 Å². The molecule has 3 N–H and O–H groups in total. The minimum absolute atomic E-state index is 0. The monoisotopic (exact) mass is 452 g/mol. The normalized spacial score (nSPS) is 15.8. The fourth-order valence-electron chi connectivity index (χ4n) is 2.02. The van der Waals surface area contributed by atoms with Crippen molar-refractivity contribution in [2.24, 2.45) is 10.9 Å². The molecule has 1 aliphatic rings. The molecular formula is C16H29IN4O3. The Morgan fingerprint density at radius 1 is 1.42 bits per heavy atom. The van der Waals surface area contributed by atoms with E-state index in [-0.39, 0.29) is 24.0 Å². The smallest absolute Gasteiger partial charge is 0.216 e. The van der Waals surface area contributed by atoms with Crippen LogP contribution in [0.4, 0.5) is 0 Å². The summed E-state index contributed by atoms with van der Waals surface area (Å²) < 4.78 is 11.0. The van der Waals surface area contributed by atoms with E-state index in [0.29, 0.717) is 37.5 Å². The van der Waals surface area contributed by atoms with Crippen LogP contribution in [0.3, 0.4) is 0 Å². The number of nitrogens with zero attached hydrogens (tertiary/aromatic N) is 2. The molecule has 1 aromatic heterocycles. The number of aliphatic hydroxyl groups is 1. The number of nitrogens with one attached hydrogen (secondary N) is 2. The summed E-state index contributed by atoms with van der Waals surface area (Å²) in [4.78, 5) is 8.72. The van der Waals surface area contributed by atoms with E-state index < -0.39 is 6.10 Å². The van der Waals surface area contributed by atoms with Crippen molar-refractivity contribution in [1.29, 1.82) is 0 Å². The van der Waals surface area contributed by atoms with E-state index in [1.54, 1.807) is 0 Å². The zero-order valence-corrected chi connectivity index (χ0v) is 17.0. The van der Waals surface area contributed by atoms with Gasteiger partial charge in [-0.3, -0.25) is 0 Å². The Balaban J connectivity index is 0.00000288. The molecule has 0 spiro atoms. The SMILES string of the molecule is CCNC(=NCc1nc(C)c(C)o1)NCC(O)COCC1CC1.I. The molecule has 0 amide bonds. The summed E-state index contributed by atoms with van der Waals surface area (Å²) in [5, 5.41) is 16.2. The third kappa shape index (κ3) is 7.80. The van der Waals surface area contributed by atoms with Crippen LogP contribution in [0.15, 0.2) is 9.41 Å². The number of aliphatic imine (C=N–C) groups is 1. The molecule has 1 atom stereocenters. The maximum absolute atomic E-state index is 9.92. The third-order valence-electron chi connectivity index (χ3n) is 3.66. The van der Waals surface area contributed by atoms with Crippen molar-refractivity contribution in [3.05, 3.63) is 17.3 Å². The van der Waals surface area contributed by atoms with E-state index in [2.05, 4.69) is 20.6 Å². The van der Waals surface area contributed by atoms with Gasteiger partial charge >= 0.3 is 0 Å². The number of guanidine groups is 1. The second-order valence-corrected chi connectivity index (χ2v) is 5.96. The molecule has 7 nitrogen and oxygen atoms in total. The Morgan fingerprint density at radius 2 is 2.17 bits per heavy atom. The lowest BCUT2D eigenvalue weighted by Crippen LogP contribution is -2.42. The number of hydrogen-bond donors (Lipinski definition) is 3. The standard InChI is InChI=1S/C16H28N4O3.HI/c1-4-17-16(19-8-15-20-11(2)12(3)23-15)18-7-14(21)10-22-9-13-5-6-13;/h13-14,21H,4-10H2,1-3H3,(H2,17,18,19);1H. The lowest BCUT2D eigenvalue weighted by molar-refractivity contribution is 0.0345. The van der Waals surface area contributed by atoms with Crippen molar-refractivity contribution in [3.8, 4) is 0 Å². The Hall–Kier alpha value is -0.870. The highest BCUT2D eigenvalue weighted by Crippen LogP contribution is 2.28. The van der Waals surface area contributed by atoms with Gasteiger partial charge in [0.25, 0.3) is 0 Å². The minimum atomic E-state index is -0.552. The number of aromatic nitrogens is 1. The lowest BCUT2D eigenvalue weighted by atomic mass is 10.4. The van der Waals surface area contributed by atoms with Crippen LogP contribution in [-0.4, -0.2) is 48.5 Å². The van der Waals surface area contributed by atoms with Gasteiger partial charge in [0.15, 0.2) is 5.96 Å². The fraction of sp³-hybridized carbons (Fsp3) is 0.750. The van der Waals surface area contributed by atoms with E-state index in [0.717, 1.165) is 24.6 Å². The summed E-state index contributed by atoms with van der Waals surface area (Å²) in [7, 11) is 0. The molecule has 0 aromatic carbocycles. The second-order valence-electron chi connectivity index (χ2n) is 5.96. The van der Waals surface area contributed by atoms with Gasteiger partial charge < -0.3 is 24.9 Å². The molecule has 0 aliphatic heterocycles. The maximum Gasteiger partial charge on any atom is 0.216 e. The summed E-state index contributed by atoms with van der Waals surface area (Å²) in [5.41, 5.74) is 0.886. The molecule has 1 aliphatic carbocycles. The number of aryl methyl sites for hydroxylation is 2. The molecule has 1 unspecified atom stereocenters. The maximum atomic E-state index is 9.92. The summed E-state index contributed by atoms with van der Waals surface area (Å²) in [6, 6.07) is 0. The van der Waals surface area contributed by atoms with Crippen LogP contribution in [0.1, 0.15) is 37.1 Å². The highest BCUT2D eigenvalue weighted by atomic mass is 127. The van der Waals surface area contributed by atoms with E-state index in [1.165, 1.54) is 12.8 Å². The number of hydrogen-bond acceptors (Lipinski definition) is 5. The molecule has 24 heavy (non-hydrogen) atoms. The Labute approximate surface area is 160 Å². The van der Waals surface area contributed by atoms with Crippen molar-refractivity contribution in [1.82, 2.24) is 15.6 Å². The number of halogens is 1. The van der Waals surface area contributed by atoms with Crippen LogP contribution in [0.25, 0.3) is 0 Å². The first-order valence-electron chi connectivity index (χ1n) is 8.29. The van der Waals surface area contributed by atoms with Gasteiger partial charge in [-0.1, -0.05) is 0 Å². The average molecular weight is 452 g/mol. The first kappa shape index (κ1) is 21.2. The van der Waals surface area contributed by atoms with E-state index in [9.17, 15) is 5.11 Å². The molecule has 1 saturated carbocycles. The first-order valence-corrected chi connectivity index (χ1v) is 8.29. The van der Waals surface area contributed by atoms with Crippen molar-refractivity contribution < 1.29 is 14.3 Å². The number of ether oxygens (including phenoxy) is 1. The predicted molar refractivity (Wildman–Crippen MR) is 104 cm³/mol. The van der Waals surface area contributed by atoms with Crippen LogP contribution in [0.2, 0.25) is 0 Å². The molecule has 2 rings (SSSR count). The van der Waals surface area contributed by atoms with Gasteiger partial charge in [0.1, 0.15) is 12.3 Å². The lowest BCUT2D eigenvalue weighted by Gasteiger charge is -2.15. The number of rotatable bonds is 9. The van der Waals surface area contributed by atoms with Crippen LogP contribution in [0, 0.1) is 19.8 Å². The third-order valence-corrected chi connectivity index (χ3v) is 3.66. The van der Waals surface area contributed by atoms with Crippen molar-refractivity contribution >= 4 is 29.9 Å². The van der Waals surface area contributed by atoms with Gasteiger partial charge in [-0.25, -0.2) is 9.98 Å². The molecule has 8 heteroatoms. The van der Waals surface area contributed by atoms with Crippen molar-refractivity contribution in [2.75, 3.05) is 26.3 Å². The highest BCUT2D eigenvalue weighted by molar-refractivity contribution is 14.0. The zero-order chi connectivity index (χ0) is 16.7. The minimum Gasteiger partial charge on any atom is -0.444 e. The van der Waals surface area contributed by atoms with Gasteiger partial charge in [0.05, 0.1) is 18.4 Å². The molecule has 1 aromatic rings. The van der Waals surface area contributed by atoms with Gasteiger partial charge in [-0.2, -0.15) is 0 Å². The Morgan fingerprint density at radius 3 is 2.75 bits per heavy atom. The summed E-state index contributed by atoms with van der Waals surface area (Å²) >= 11 is 0. The number of oxazole rings is 1. The summed E-state index contributed by atoms with van der Waals surface area (Å²) in [5.74, 6) is 2.74. The van der Waals surface area contributed by atoms with Gasteiger partial charge in [0, 0.05) is 19.7 Å². The van der Waals surface area contributed by atoms with E-state index >= 15 is 0 Å². The van der Waals surface area contributed by atoms with Crippen LogP contribution in [-0.2, 0) is 11.3 Å². The van der Waals surface area contributed by atoms with Crippen molar-refractivity contribution in [2.45, 2.75) is 46.3 Å². The predicted octanol–water partition coefficient (Wildman–Crippen LogP) is 1.75. The second kappa shape index (κ2) is 10.9. The fourth-order valence-corrected chi connectivity index (χ4v) is 2.02. The largest absolute Gasteiger partial charge is 0.444 e. The molecule has 138 valence electrons. The molecule has 0 bridgehead atoms. The summed E-state index contributed by atoms with van der Waals surface area (Å²) in [6.07, 6.45) is 1.96. The van der Waals surface area contributed by atoms with Gasteiger partial charge in [0.2, 0.25) is 5.89 Å². The van der Waals surface area contributed by atoms with Gasteiger partial charge in [-0.05, 0) is 39.5 Å². The van der Waals surface area contributed by atoms with Gasteiger partial charge in [-0.15, -0.1) is 24.0 Å². The van der Waals surface area contributed by atoms with Crippen LogP contribution < -0.4 is 10.6 Å². The highest BCUT2D eigenvalue weighted by Gasteiger charge is 2.21. The molecule has 1 heterocycles. The van der Waals surface area contributed by atoms with E-state index in [4.69, 9.17) is 9.15 Å². The Kier molecular flexibility index (Phi) is 9.60. The summed E-state index contributed by atoms with van der Waals surface area (Å²) in [6.45, 7) is 8.38. The molecule has 0 radical (unpaired) electrons. The molecule has 1 fully saturated rings. The zero-order valence-electron chi connectivity index (χ0n) is 14.7. The molecular weight excluding hydrogens is 423 g/mol. The van der Waals surface area contributed by atoms with Crippen molar-refractivity contribution in [3.63, 3.8) is 0 Å². The Bertz CT molecular complexity index is 498. The molecule has 0 saturated heterocycles. The average Bonchev–Trinajstić information content (AvgIpc) is 3.28. The van der Waals surface area contributed by atoms with E-state index in [1.807, 2.05) is 20.8 Å². The number of aliphatic hydroxyl groups excluding tert-OH is 1. The van der Waals surface area contributed by atoms with Crippen LogP contribution in [0.5, 0.6) is 0 Å². The van der Waals surface area contributed by atoms with Crippen LogP contribution >= 0.6 is 24.0 Å². The quantitative estimate of drug-likeness (QED) is 0.301.